The highest BCUT2D eigenvalue weighted by molar-refractivity contribution is 9.10. The number of nitrogens with two attached hydrogens (primary N) is 1. The highest BCUT2D eigenvalue weighted by Gasteiger charge is 2.18. The SMILES string of the molecule is NC(=S)c1ccc(OCC2CCOC2)c(F)c1Br. The number of halogens is 2. The molecule has 0 amide bonds. The topological polar surface area (TPSA) is 44.5 Å². The van der Waals surface area contributed by atoms with Gasteiger partial charge in [0.2, 0.25) is 0 Å². The van der Waals surface area contributed by atoms with E-state index in [1.165, 1.54) is 0 Å². The maximum Gasteiger partial charge on any atom is 0.179 e. The lowest BCUT2D eigenvalue weighted by Gasteiger charge is -2.13. The molecule has 2 N–H and O–H groups in total. The standard InChI is InChI=1S/C12H13BrFNO2S/c13-10-8(12(15)18)1-2-9(11(10)14)17-6-7-3-4-16-5-7/h1-2,7H,3-6H2,(H2,15,18). The van der Waals surface area contributed by atoms with Crippen molar-refractivity contribution in [3.05, 3.63) is 28.0 Å². The van der Waals surface area contributed by atoms with Crippen LogP contribution in [0.4, 0.5) is 4.39 Å². The van der Waals surface area contributed by atoms with Crippen molar-refractivity contribution in [1.29, 1.82) is 0 Å². The van der Waals surface area contributed by atoms with Crippen LogP contribution in [-0.2, 0) is 4.74 Å². The van der Waals surface area contributed by atoms with Gasteiger partial charge < -0.3 is 15.2 Å². The van der Waals surface area contributed by atoms with E-state index in [1.807, 2.05) is 0 Å². The summed E-state index contributed by atoms with van der Waals surface area (Å²) in [7, 11) is 0. The Morgan fingerprint density at radius 1 is 1.61 bits per heavy atom. The van der Waals surface area contributed by atoms with E-state index in [4.69, 9.17) is 27.4 Å². The van der Waals surface area contributed by atoms with Crippen molar-refractivity contribution in [3.63, 3.8) is 0 Å². The van der Waals surface area contributed by atoms with Crippen LogP contribution < -0.4 is 10.5 Å². The van der Waals surface area contributed by atoms with Gasteiger partial charge in [0, 0.05) is 18.1 Å². The Bertz CT molecular complexity index is 464. The molecule has 0 spiro atoms. The molecule has 3 nitrogen and oxygen atoms in total. The Balaban J connectivity index is 2.09. The van der Waals surface area contributed by atoms with Crippen LogP contribution >= 0.6 is 28.1 Å². The van der Waals surface area contributed by atoms with E-state index >= 15 is 0 Å². The normalized spacial score (nSPS) is 18.9. The number of ether oxygens (including phenoxy) is 2. The molecular weight excluding hydrogens is 321 g/mol. The number of thiocarbonyl (C=S) groups is 1. The van der Waals surface area contributed by atoms with Crippen LogP contribution in [0.3, 0.4) is 0 Å². The first-order chi connectivity index (χ1) is 8.59. The molecule has 1 fully saturated rings. The summed E-state index contributed by atoms with van der Waals surface area (Å²) in [6, 6.07) is 3.19. The molecule has 1 aromatic rings. The summed E-state index contributed by atoms with van der Waals surface area (Å²) < 4.78 is 24.9. The van der Waals surface area contributed by atoms with Crippen LogP contribution in [0.25, 0.3) is 0 Å². The second-order valence-corrected chi connectivity index (χ2v) is 5.38. The second-order valence-electron chi connectivity index (χ2n) is 4.14. The molecule has 98 valence electrons. The molecule has 0 saturated carbocycles. The van der Waals surface area contributed by atoms with Crippen LogP contribution in [-0.4, -0.2) is 24.8 Å². The van der Waals surface area contributed by atoms with Gasteiger partial charge >= 0.3 is 0 Å². The fourth-order valence-corrected chi connectivity index (χ4v) is 2.60. The lowest BCUT2D eigenvalue weighted by atomic mass is 10.1. The van der Waals surface area contributed by atoms with Gasteiger partial charge in [-0.05, 0) is 34.5 Å². The predicted octanol–water partition coefficient (Wildman–Crippen LogP) is 2.64. The van der Waals surface area contributed by atoms with Crippen molar-refractivity contribution in [1.82, 2.24) is 0 Å². The molecule has 18 heavy (non-hydrogen) atoms. The lowest BCUT2D eigenvalue weighted by molar-refractivity contribution is 0.165. The summed E-state index contributed by atoms with van der Waals surface area (Å²) >= 11 is 7.97. The van der Waals surface area contributed by atoms with E-state index in [1.54, 1.807) is 12.1 Å². The van der Waals surface area contributed by atoms with E-state index < -0.39 is 5.82 Å². The molecule has 1 unspecified atom stereocenters. The second kappa shape index (κ2) is 5.95. The monoisotopic (exact) mass is 333 g/mol. The summed E-state index contributed by atoms with van der Waals surface area (Å²) in [5.74, 6) is 0.0615. The van der Waals surface area contributed by atoms with Gasteiger partial charge in [-0.3, -0.25) is 0 Å². The molecular formula is C12H13BrFNO2S. The van der Waals surface area contributed by atoms with Gasteiger partial charge in [0.1, 0.15) is 4.99 Å². The Kier molecular flexibility index (Phi) is 4.53. The summed E-state index contributed by atoms with van der Waals surface area (Å²) in [5, 5.41) is 0. The largest absolute Gasteiger partial charge is 0.490 e. The van der Waals surface area contributed by atoms with Gasteiger partial charge in [0.15, 0.2) is 11.6 Å². The van der Waals surface area contributed by atoms with Crippen LogP contribution in [0.2, 0.25) is 0 Å². The maximum atomic E-state index is 14.0. The zero-order valence-electron chi connectivity index (χ0n) is 9.62. The average molecular weight is 334 g/mol. The van der Waals surface area contributed by atoms with Gasteiger partial charge in [-0.15, -0.1) is 0 Å². The van der Waals surface area contributed by atoms with Crippen LogP contribution in [0.15, 0.2) is 16.6 Å². The highest BCUT2D eigenvalue weighted by atomic mass is 79.9. The zero-order chi connectivity index (χ0) is 13.1. The lowest BCUT2D eigenvalue weighted by Crippen LogP contribution is -2.14. The molecule has 0 radical (unpaired) electrons. The van der Waals surface area contributed by atoms with E-state index in [2.05, 4.69) is 15.9 Å². The van der Waals surface area contributed by atoms with Gasteiger partial charge in [-0.2, -0.15) is 0 Å². The number of hydrogen-bond donors (Lipinski definition) is 1. The van der Waals surface area contributed by atoms with Crippen LogP contribution in [0.5, 0.6) is 5.75 Å². The average Bonchev–Trinajstić information content (AvgIpc) is 2.83. The van der Waals surface area contributed by atoms with E-state index in [0.29, 0.717) is 24.7 Å². The highest BCUT2D eigenvalue weighted by Crippen LogP contribution is 2.29. The zero-order valence-corrected chi connectivity index (χ0v) is 12.0. The molecule has 1 atom stereocenters. The third-order valence-corrected chi connectivity index (χ3v) is 3.81. The summed E-state index contributed by atoms with van der Waals surface area (Å²) in [4.78, 5) is 0.150. The van der Waals surface area contributed by atoms with Gasteiger partial charge in [-0.25, -0.2) is 4.39 Å². The fraction of sp³-hybridized carbons (Fsp3) is 0.417. The minimum absolute atomic E-state index is 0.150. The van der Waals surface area contributed by atoms with Crippen molar-refractivity contribution in [2.24, 2.45) is 11.7 Å². The van der Waals surface area contributed by atoms with Crippen molar-refractivity contribution in [2.75, 3.05) is 19.8 Å². The molecule has 1 heterocycles. The molecule has 0 aliphatic carbocycles. The number of rotatable bonds is 4. The van der Waals surface area contributed by atoms with Gasteiger partial charge in [-0.1, -0.05) is 12.2 Å². The molecule has 0 bridgehead atoms. The maximum absolute atomic E-state index is 14.0. The van der Waals surface area contributed by atoms with Crippen molar-refractivity contribution in [3.8, 4) is 5.75 Å². The molecule has 1 aliphatic heterocycles. The molecule has 1 aromatic carbocycles. The smallest absolute Gasteiger partial charge is 0.179 e. The van der Waals surface area contributed by atoms with E-state index in [0.717, 1.165) is 13.0 Å². The first kappa shape index (κ1) is 13.7. The van der Waals surface area contributed by atoms with Crippen molar-refractivity contribution < 1.29 is 13.9 Å². The Labute approximate surface area is 119 Å². The molecule has 6 heteroatoms. The first-order valence-corrected chi connectivity index (χ1v) is 6.78. The quantitative estimate of drug-likeness (QED) is 0.860. The number of benzene rings is 1. The fourth-order valence-electron chi connectivity index (χ4n) is 1.76. The van der Waals surface area contributed by atoms with Gasteiger partial charge in [0.25, 0.3) is 0 Å². The third-order valence-electron chi connectivity index (χ3n) is 2.81. The Morgan fingerprint density at radius 2 is 2.39 bits per heavy atom. The number of hydrogen-bond acceptors (Lipinski definition) is 3. The predicted molar refractivity (Wildman–Crippen MR) is 74.4 cm³/mol. The van der Waals surface area contributed by atoms with E-state index in [9.17, 15) is 4.39 Å². The Hall–Kier alpha value is -0.720. The molecule has 1 saturated heterocycles. The van der Waals surface area contributed by atoms with Crippen molar-refractivity contribution >= 4 is 33.1 Å². The minimum Gasteiger partial charge on any atom is -0.490 e. The van der Waals surface area contributed by atoms with Gasteiger partial charge in [0.05, 0.1) is 17.7 Å². The van der Waals surface area contributed by atoms with Crippen LogP contribution in [0, 0.1) is 11.7 Å². The first-order valence-electron chi connectivity index (χ1n) is 5.58. The molecule has 2 rings (SSSR count). The van der Waals surface area contributed by atoms with Crippen molar-refractivity contribution in [2.45, 2.75) is 6.42 Å². The summed E-state index contributed by atoms with van der Waals surface area (Å²) in [5.41, 5.74) is 5.96. The van der Waals surface area contributed by atoms with E-state index in [-0.39, 0.29) is 15.2 Å². The Morgan fingerprint density at radius 3 is 3.00 bits per heavy atom. The summed E-state index contributed by atoms with van der Waals surface area (Å²) in [6.07, 6.45) is 0.952. The molecule has 0 aromatic heterocycles. The third kappa shape index (κ3) is 2.99. The van der Waals surface area contributed by atoms with Crippen LogP contribution in [0.1, 0.15) is 12.0 Å². The minimum atomic E-state index is -0.473. The summed E-state index contributed by atoms with van der Waals surface area (Å²) in [6.45, 7) is 1.88. The molecule has 1 aliphatic rings.